The van der Waals surface area contributed by atoms with Gasteiger partial charge in [-0.1, -0.05) is 27.7 Å². The molecule has 2 heterocycles. The Bertz CT molecular complexity index is 519. The molecule has 0 aliphatic carbocycles. The van der Waals surface area contributed by atoms with Gasteiger partial charge in [0.15, 0.2) is 5.69 Å². The lowest BCUT2D eigenvalue weighted by Crippen LogP contribution is -1.85. The van der Waals surface area contributed by atoms with Crippen molar-refractivity contribution < 1.29 is 0 Å². The maximum Gasteiger partial charge on any atom is 0.158 e. The molecular formula is C17H23N5. The molecule has 0 aliphatic rings. The van der Waals surface area contributed by atoms with E-state index in [2.05, 4.69) is 15.0 Å². The molecular weight excluding hydrogens is 274 g/mol. The number of nitriles is 2. The van der Waals surface area contributed by atoms with Crippen LogP contribution in [0.15, 0.2) is 30.7 Å². The van der Waals surface area contributed by atoms with Crippen molar-refractivity contribution >= 4 is 0 Å². The molecule has 0 aliphatic heterocycles. The summed E-state index contributed by atoms with van der Waals surface area (Å²) < 4.78 is 0. The normalized spacial score (nSPS) is 7.45. The van der Waals surface area contributed by atoms with Crippen molar-refractivity contribution in [3.05, 3.63) is 53.4 Å². The minimum atomic E-state index is 0.362. The van der Waals surface area contributed by atoms with E-state index in [4.69, 9.17) is 10.5 Å². The van der Waals surface area contributed by atoms with Crippen molar-refractivity contribution in [1.82, 2.24) is 15.0 Å². The molecule has 0 saturated carbocycles. The molecule has 0 unspecified atom stereocenters. The van der Waals surface area contributed by atoms with Crippen molar-refractivity contribution in [3.63, 3.8) is 0 Å². The Morgan fingerprint density at radius 1 is 0.727 bits per heavy atom. The molecule has 0 bridgehead atoms. The first-order valence-corrected chi connectivity index (χ1v) is 7.17. The van der Waals surface area contributed by atoms with Gasteiger partial charge in [0.1, 0.15) is 12.1 Å². The van der Waals surface area contributed by atoms with Crippen LogP contribution in [0.1, 0.15) is 50.3 Å². The van der Waals surface area contributed by atoms with E-state index in [9.17, 15) is 0 Å². The Labute approximate surface area is 133 Å². The van der Waals surface area contributed by atoms with Crippen LogP contribution in [0.25, 0.3) is 0 Å². The van der Waals surface area contributed by atoms with Crippen molar-refractivity contribution in [2.45, 2.75) is 41.5 Å². The van der Waals surface area contributed by atoms with Gasteiger partial charge in [-0.2, -0.15) is 10.5 Å². The monoisotopic (exact) mass is 297 g/mol. The predicted molar refractivity (Wildman–Crippen MR) is 87.9 cm³/mol. The molecule has 2 aromatic rings. The molecule has 22 heavy (non-hydrogen) atoms. The summed E-state index contributed by atoms with van der Waals surface area (Å²) in [5, 5.41) is 16.6. The van der Waals surface area contributed by atoms with Crippen molar-refractivity contribution in [1.29, 1.82) is 10.5 Å². The second-order valence-electron chi connectivity index (χ2n) is 3.45. The van der Waals surface area contributed by atoms with E-state index < -0.39 is 0 Å². The first kappa shape index (κ1) is 21.5. The third kappa shape index (κ3) is 10.1. The molecule has 0 amide bonds. The standard InChI is InChI=1S/C7H6N2.C6H5N3.2C2H6/c1-6-2-3-7(4-8)5-9-6;1-5-3-9-6(2-7)4-8-5;2*1-2/h2-3,5H,1H3;3-4H,1H3;2*1-2H3. The summed E-state index contributed by atoms with van der Waals surface area (Å²) in [5.41, 5.74) is 2.74. The number of nitrogens with zero attached hydrogens (tertiary/aromatic N) is 5. The Hall–Kier alpha value is -2.79. The number of pyridine rings is 1. The summed E-state index contributed by atoms with van der Waals surface area (Å²) in [6, 6.07) is 7.44. The van der Waals surface area contributed by atoms with Gasteiger partial charge in [0.25, 0.3) is 0 Å². The van der Waals surface area contributed by atoms with Gasteiger partial charge in [0.2, 0.25) is 0 Å². The molecule has 5 heteroatoms. The zero-order valence-corrected chi connectivity index (χ0v) is 14.1. The summed E-state index contributed by atoms with van der Waals surface area (Å²) in [7, 11) is 0. The average molecular weight is 297 g/mol. The summed E-state index contributed by atoms with van der Waals surface area (Å²) >= 11 is 0. The lowest BCUT2D eigenvalue weighted by Gasteiger charge is -1.87. The molecule has 0 N–H and O–H groups in total. The van der Waals surface area contributed by atoms with Crippen LogP contribution >= 0.6 is 0 Å². The highest BCUT2D eigenvalue weighted by Crippen LogP contribution is 1.95. The van der Waals surface area contributed by atoms with Crippen molar-refractivity contribution in [2.24, 2.45) is 0 Å². The van der Waals surface area contributed by atoms with E-state index in [1.807, 2.05) is 59.7 Å². The number of rotatable bonds is 0. The second kappa shape index (κ2) is 14.6. The first-order chi connectivity index (χ1) is 10.7. The summed E-state index contributed by atoms with van der Waals surface area (Å²) in [4.78, 5) is 11.6. The van der Waals surface area contributed by atoms with Gasteiger partial charge in [0.05, 0.1) is 17.5 Å². The van der Waals surface area contributed by atoms with Crippen LogP contribution in [0.5, 0.6) is 0 Å². The minimum Gasteiger partial charge on any atom is -0.260 e. The maximum atomic E-state index is 8.34. The lowest BCUT2D eigenvalue weighted by atomic mass is 10.3. The number of hydrogen-bond acceptors (Lipinski definition) is 5. The number of aryl methyl sites for hydroxylation is 2. The van der Waals surface area contributed by atoms with E-state index in [1.54, 1.807) is 18.5 Å². The van der Waals surface area contributed by atoms with Gasteiger partial charge >= 0.3 is 0 Å². The molecule has 0 atom stereocenters. The fourth-order valence-corrected chi connectivity index (χ4v) is 0.984. The fourth-order valence-electron chi connectivity index (χ4n) is 0.984. The third-order valence-corrected chi connectivity index (χ3v) is 1.94. The minimum absolute atomic E-state index is 0.362. The maximum absolute atomic E-state index is 8.34. The van der Waals surface area contributed by atoms with Crippen LogP contribution < -0.4 is 0 Å². The van der Waals surface area contributed by atoms with E-state index in [0.29, 0.717) is 11.3 Å². The molecule has 5 nitrogen and oxygen atoms in total. The molecule has 0 aromatic carbocycles. The van der Waals surface area contributed by atoms with Crippen molar-refractivity contribution in [3.8, 4) is 12.1 Å². The van der Waals surface area contributed by atoms with Crippen LogP contribution in [-0.2, 0) is 0 Å². The highest BCUT2D eigenvalue weighted by Gasteiger charge is 1.88. The van der Waals surface area contributed by atoms with Gasteiger partial charge in [-0.05, 0) is 26.0 Å². The summed E-state index contributed by atoms with van der Waals surface area (Å²) in [6.45, 7) is 11.7. The molecule has 0 radical (unpaired) electrons. The largest absolute Gasteiger partial charge is 0.260 e. The first-order valence-electron chi connectivity index (χ1n) is 7.17. The van der Waals surface area contributed by atoms with Crippen LogP contribution in [0, 0.1) is 36.5 Å². The van der Waals surface area contributed by atoms with E-state index >= 15 is 0 Å². The molecule has 2 aromatic heterocycles. The highest BCUT2D eigenvalue weighted by atomic mass is 14.8. The third-order valence-electron chi connectivity index (χ3n) is 1.94. The Kier molecular flexibility index (Phi) is 14.3. The number of aromatic nitrogens is 3. The van der Waals surface area contributed by atoms with Crippen LogP contribution in [0.3, 0.4) is 0 Å². The summed E-state index contributed by atoms with van der Waals surface area (Å²) in [5.74, 6) is 0. The summed E-state index contributed by atoms with van der Waals surface area (Å²) in [6.07, 6.45) is 4.59. The van der Waals surface area contributed by atoms with Crippen LogP contribution in [0.4, 0.5) is 0 Å². The van der Waals surface area contributed by atoms with Gasteiger partial charge in [-0.15, -0.1) is 0 Å². The zero-order chi connectivity index (χ0) is 17.4. The quantitative estimate of drug-likeness (QED) is 0.734. The Balaban J connectivity index is 0. The molecule has 2 rings (SSSR count). The van der Waals surface area contributed by atoms with Gasteiger partial charge in [-0.3, -0.25) is 9.97 Å². The van der Waals surface area contributed by atoms with Gasteiger partial charge in [-0.25, -0.2) is 4.98 Å². The Morgan fingerprint density at radius 2 is 1.32 bits per heavy atom. The molecule has 0 saturated heterocycles. The van der Waals surface area contributed by atoms with Crippen LogP contribution in [0.2, 0.25) is 0 Å². The van der Waals surface area contributed by atoms with E-state index in [1.165, 1.54) is 6.20 Å². The topological polar surface area (TPSA) is 86.2 Å². The SMILES string of the molecule is CC.CC.Cc1ccc(C#N)cn1.Cc1cnc(C#N)cn1. The molecule has 0 fully saturated rings. The lowest BCUT2D eigenvalue weighted by molar-refractivity contribution is 1.09. The fraction of sp³-hybridized carbons (Fsp3) is 0.353. The van der Waals surface area contributed by atoms with E-state index in [0.717, 1.165) is 11.4 Å². The smallest absolute Gasteiger partial charge is 0.158 e. The average Bonchev–Trinajstić information content (AvgIpc) is 2.60. The van der Waals surface area contributed by atoms with Crippen LogP contribution in [-0.4, -0.2) is 15.0 Å². The van der Waals surface area contributed by atoms with Gasteiger partial charge < -0.3 is 0 Å². The number of hydrogen-bond donors (Lipinski definition) is 0. The Morgan fingerprint density at radius 3 is 1.68 bits per heavy atom. The molecule has 116 valence electrons. The second-order valence-corrected chi connectivity index (χ2v) is 3.45. The highest BCUT2D eigenvalue weighted by molar-refractivity contribution is 5.25. The van der Waals surface area contributed by atoms with Gasteiger partial charge in [0, 0.05) is 18.1 Å². The van der Waals surface area contributed by atoms with E-state index in [-0.39, 0.29) is 0 Å². The predicted octanol–water partition coefficient (Wildman–Crippen LogP) is 3.97. The zero-order valence-electron chi connectivity index (χ0n) is 14.1. The molecule has 0 spiro atoms. The van der Waals surface area contributed by atoms with Crippen molar-refractivity contribution in [2.75, 3.05) is 0 Å².